The van der Waals surface area contributed by atoms with Gasteiger partial charge in [0.15, 0.2) is 5.65 Å². The quantitative estimate of drug-likeness (QED) is 0.409. The van der Waals surface area contributed by atoms with Crippen LogP contribution in [0.2, 0.25) is 0 Å². The van der Waals surface area contributed by atoms with E-state index in [9.17, 15) is 8.42 Å². The fourth-order valence-electron chi connectivity index (χ4n) is 4.20. The first-order valence-corrected chi connectivity index (χ1v) is 13.8. The second kappa shape index (κ2) is 10.1. The molecule has 1 aliphatic heterocycles. The summed E-state index contributed by atoms with van der Waals surface area (Å²) in [6.07, 6.45) is 2.99. The normalized spacial score (nSPS) is 14.3. The fourth-order valence-corrected chi connectivity index (χ4v) is 4.71. The molecule has 1 aliphatic rings. The van der Waals surface area contributed by atoms with Crippen LogP contribution in [0.25, 0.3) is 5.65 Å². The van der Waals surface area contributed by atoms with Gasteiger partial charge in [-0.1, -0.05) is 30.0 Å². The Morgan fingerprint density at radius 1 is 0.946 bits per heavy atom. The van der Waals surface area contributed by atoms with Crippen LogP contribution in [-0.2, 0) is 10.0 Å². The van der Waals surface area contributed by atoms with E-state index in [0.29, 0.717) is 28.4 Å². The molecule has 1 fully saturated rings. The van der Waals surface area contributed by atoms with E-state index in [2.05, 4.69) is 56.2 Å². The number of anilines is 4. The molecule has 0 unspecified atom stereocenters. The van der Waals surface area contributed by atoms with Crippen molar-refractivity contribution in [1.82, 2.24) is 19.5 Å². The molecule has 0 atom stereocenters. The number of nitrogens with zero attached hydrogens (tertiary/aromatic N) is 6. The van der Waals surface area contributed by atoms with Gasteiger partial charge in [0.1, 0.15) is 0 Å². The van der Waals surface area contributed by atoms with Crippen molar-refractivity contribution in [1.29, 1.82) is 0 Å². The van der Waals surface area contributed by atoms with Gasteiger partial charge in [-0.05, 0) is 49.5 Å². The van der Waals surface area contributed by atoms with Crippen LogP contribution in [0.1, 0.15) is 11.1 Å². The fraction of sp³-hybridized carbons (Fsp3) is 0.259. The van der Waals surface area contributed by atoms with Gasteiger partial charge in [0.2, 0.25) is 16.0 Å². The Balaban J connectivity index is 1.41. The minimum absolute atomic E-state index is 0.474. The van der Waals surface area contributed by atoms with E-state index in [4.69, 9.17) is 0 Å². The zero-order valence-electron chi connectivity index (χ0n) is 21.1. The van der Waals surface area contributed by atoms with Crippen LogP contribution < -0.4 is 14.5 Å². The lowest BCUT2D eigenvalue weighted by Crippen LogP contribution is -2.44. The summed E-state index contributed by atoms with van der Waals surface area (Å²) in [5.41, 5.74) is 4.51. The largest absolute Gasteiger partial charge is 0.369 e. The summed E-state index contributed by atoms with van der Waals surface area (Å²) >= 11 is 0. The van der Waals surface area contributed by atoms with Crippen molar-refractivity contribution in [2.45, 2.75) is 0 Å². The molecule has 0 spiro atoms. The lowest BCUT2D eigenvalue weighted by molar-refractivity contribution is 0.313. The van der Waals surface area contributed by atoms with Gasteiger partial charge >= 0.3 is 0 Å². The molecule has 2 aromatic carbocycles. The molecule has 3 heterocycles. The van der Waals surface area contributed by atoms with Crippen molar-refractivity contribution in [2.75, 3.05) is 61.1 Å². The molecular formula is C27H29N7O2S. The number of rotatable bonds is 5. The Labute approximate surface area is 217 Å². The highest BCUT2D eigenvalue weighted by molar-refractivity contribution is 7.92. The number of fused-ring (bicyclic) bond motifs is 1. The summed E-state index contributed by atoms with van der Waals surface area (Å²) in [6.45, 7) is 4.09. The van der Waals surface area contributed by atoms with Crippen LogP contribution in [0.5, 0.6) is 0 Å². The smallest absolute Gasteiger partial charge is 0.247 e. The minimum atomic E-state index is -3.41. The third kappa shape index (κ3) is 5.53. The lowest BCUT2D eigenvalue weighted by Gasteiger charge is -2.34. The summed E-state index contributed by atoms with van der Waals surface area (Å²) in [4.78, 5) is 9.40. The molecule has 37 heavy (non-hydrogen) atoms. The zero-order chi connectivity index (χ0) is 26.0. The number of para-hydroxylation sites is 1. The second-order valence-corrected chi connectivity index (χ2v) is 11.1. The third-order valence-electron chi connectivity index (χ3n) is 6.41. The molecule has 0 bridgehead atoms. The molecule has 10 heteroatoms. The van der Waals surface area contributed by atoms with Crippen molar-refractivity contribution < 1.29 is 8.42 Å². The monoisotopic (exact) mass is 515 g/mol. The number of hydrogen-bond acceptors (Lipinski definition) is 7. The molecule has 1 N–H and O–H groups in total. The van der Waals surface area contributed by atoms with Gasteiger partial charge in [-0.25, -0.2) is 12.9 Å². The number of pyridine rings is 1. The van der Waals surface area contributed by atoms with Crippen LogP contribution in [0, 0.1) is 11.8 Å². The highest BCUT2D eigenvalue weighted by Gasteiger charge is 2.16. The van der Waals surface area contributed by atoms with E-state index < -0.39 is 10.0 Å². The summed E-state index contributed by atoms with van der Waals surface area (Å²) in [6, 6.07) is 19.2. The summed E-state index contributed by atoms with van der Waals surface area (Å²) in [5.74, 6) is 6.74. The van der Waals surface area contributed by atoms with Crippen LogP contribution in [0.4, 0.5) is 23.0 Å². The van der Waals surface area contributed by atoms with Gasteiger partial charge in [0.05, 0.1) is 17.5 Å². The molecule has 0 radical (unpaired) electrons. The number of sulfonamides is 1. The van der Waals surface area contributed by atoms with E-state index in [1.165, 1.54) is 23.3 Å². The molecule has 0 saturated carbocycles. The molecule has 5 rings (SSSR count). The highest BCUT2D eigenvalue weighted by Crippen LogP contribution is 2.24. The number of aromatic nitrogens is 3. The molecule has 190 valence electrons. The Bertz CT molecular complexity index is 1600. The number of nitrogens with one attached hydrogen (secondary N) is 1. The van der Waals surface area contributed by atoms with Crippen LogP contribution in [-0.4, -0.2) is 74.4 Å². The molecular weight excluding hydrogens is 486 g/mol. The Morgan fingerprint density at radius 2 is 1.68 bits per heavy atom. The number of hydrogen-bond donors (Lipinski definition) is 1. The first kappa shape index (κ1) is 24.6. The predicted molar refractivity (Wildman–Crippen MR) is 148 cm³/mol. The van der Waals surface area contributed by atoms with E-state index in [1.54, 1.807) is 22.7 Å². The second-order valence-electron chi connectivity index (χ2n) is 9.09. The molecule has 1 saturated heterocycles. The minimum Gasteiger partial charge on any atom is -0.369 e. The van der Waals surface area contributed by atoms with Crippen molar-refractivity contribution >= 4 is 38.7 Å². The first-order chi connectivity index (χ1) is 17.8. The van der Waals surface area contributed by atoms with Crippen molar-refractivity contribution in [3.8, 4) is 11.8 Å². The Hall–Kier alpha value is -4.07. The van der Waals surface area contributed by atoms with Crippen molar-refractivity contribution in [2.24, 2.45) is 0 Å². The molecule has 9 nitrogen and oxygen atoms in total. The van der Waals surface area contributed by atoms with Gasteiger partial charge in [0, 0.05) is 56.4 Å². The van der Waals surface area contributed by atoms with E-state index in [-0.39, 0.29) is 0 Å². The molecule has 4 aromatic rings. The summed E-state index contributed by atoms with van der Waals surface area (Å²) in [7, 11) is 0.259. The molecule has 0 aliphatic carbocycles. The number of benzene rings is 2. The van der Waals surface area contributed by atoms with E-state index in [1.807, 2.05) is 36.5 Å². The van der Waals surface area contributed by atoms with Crippen LogP contribution in [0.3, 0.4) is 0 Å². The molecule has 2 aromatic heterocycles. The molecule has 0 amide bonds. The maximum atomic E-state index is 12.1. The van der Waals surface area contributed by atoms with E-state index >= 15 is 0 Å². The highest BCUT2D eigenvalue weighted by atomic mass is 32.2. The number of likely N-dealkylation sites (N-methyl/N-ethyl adjacent to an activating group) is 1. The van der Waals surface area contributed by atoms with Crippen LogP contribution >= 0.6 is 0 Å². The number of piperazine rings is 1. The van der Waals surface area contributed by atoms with Crippen molar-refractivity contribution in [3.05, 3.63) is 78.0 Å². The average molecular weight is 516 g/mol. The third-order valence-corrected chi connectivity index (χ3v) is 7.60. The summed E-state index contributed by atoms with van der Waals surface area (Å²) < 4.78 is 27.0. The predicted octanol–water partition coefficient (Wildman–Crippen LogP) is 3.02. The van der Waals surface area contributed by atoms with Gasteiger partial charge in [0.25, 0.3) is 0 Å². The first-order valence-electron chi connectivity index (χ1n) is 12.0. The average Bonchev–Trinajstić information content (AvgIpc) is 3.30. The zero-order valence-corrected chi connectivity index (χ0v) is 21.9. The van der Waals surface area contributed by atoms with Gasteiger partial charge in [-0.2, -0.15) is 4.98 Å². The maximum Gasteiger partial charge on any atom is 0.247 e. The van der Waals surface area contributed by atoms with Crippen molar-refractivity contribution in [3.63, 3.8) is 0 Å². The SMILES string of the molecule is CN1CCN(c2cccc(Nc3nc4c(C#Cc5ccccc5N(C)S(C)(=O)=O)cccn4n3)c2)CC1. The van der Waals surface area contributed by atoms with Gasteiger partial charge in [-0.3, -0.25) is 4.31 Å². The van der Waals surface area contributed by atoms with E-state index in [0.717, 1.165) is 31.9 Å². The van der Waals surface area contributed by atoms with Gasteiger partial charge in [-0.15, -0.1) is 5.10 Å². The topological polar surface area (TPSA) is 86.1 Å². The lowest BCUT2D eigenvalue weighted by atomic mass is 10.1. The summed E-state index contributed by atoms with van der Waals surface area (Å²) in [5, 5.41) is 7.89. The van der Waals surface area contributed by atoms with Crippen LogP contribution in [0.15, 0.2) is 66.9 Å². The van der Waals surface area contributed by atoms with Gasteiger partial charge < -0.3 is 15.1 Å². The standard InChI is InChI=1S/C27H29N7O2S/c1-31-16-18-33(19-17-31)24-11-6-10-23(20-24)28-27-29-26-22(9-7-15-34(26)30-27)14-13-21-8-4-5-12-25(21)32(2)37(3,35)36/h4-12,15,20H,16-19H2,1-3H3,(H,28,30). The Kier molecular flexibility index (Phi) is 6.74. The Morgan fingerprint density at radius 3 is 2.46 bits per heavy atom. The maximum absolute atomic E-state index is 12.1.